The largest absolute Gasteiger partial charge is 0.352 e. The number of hydrogen-bond acceptors (Lipinski definition) is 3. The Labute approximate surface area is 172 Å². The Kier molecular flexibility index (Phi) is 5.27. The quantitative estimate of drug-likeness (QED) is 0.684. The van der Waals surface area contributed by atoms with E-state index in [9.17, 15) is 14.0 Å². The maximum Gasteiger partial charge on any atom is 0.260 e. The third-order valence-corrected chi connectivity index (χ3v) is 5.01. The molecule has 7 heteroatoms. The Hall–Kier alpha value is -3.25. The Morgan fingerprint density at radius 2 is 1.93 bits per heavy atom. The summed E-state index contributed by atoms with van der Waals surface area (Å²) in [5, 5.41) is 3.45. The summed E-state index contributed by atoms with van der Waals surface area (Å²) in [5.41, 5.74) is 2.38. The first-order valence-electron chi connectivity index (χ1n) is 9.08. The number of pyridine rings is 1. The molecule has 0 saturated heterocycles. The van der Waals surface area contributed by atoms with Crippen molar-refractivity contribution in [2.24, 2.45) is 0 Å². The van der Waals surface area contributed by atoms with Gasteiger partial charge in [0.25, 0.3) is 5.91 Å². The summed E-state index contributed by atoms with van der Waals surface area (Å²) in [5.74, 6) is -0.882. The van der Waals surface area contributed by atoms with Crippen molar-refractivity contribution in [2.75, 3.05) is 4.90 Å². The van der Waals surface area contributed by atoms with Crippen LogP contribution in [0.25, 0.3) is 0 Å². The molecule has 1 N–H and O–H groups in total. The van der Waals surface area contributed by atoms with E-state index in [-0.39, 0.29) is 18.2 Å². The van der Waals surface area contributed by atoms with E-state index in [0.29, 0.717) is 28.5 Å². The lowest BCUT2D eigenvalue weighted by Crippen LogP contribution is -2.33. The van der Waals surface area contributed by atoms with Gasteiger partial charge in [-0.3, -0.25) is 19.5 Å². The average molecular weight is 410 g/mol. The first kappa shape index (κ1) is 19.1. The number of carbonyl (C=O) groups is 2. The smallest absolute Gasteiger partial charge is 0.260 e. The van der Waals surface area contributed by atoms with Gasteiger partial charge in [0.15, 0.2) is 0 Å². The van der Waals surface area contributed by atoms with Crippen molar-refractivity contribution in [3.05, 3.63) is 94.5 Å². The summed E-state index contributed by atoms with van der Waals surface area (Å²) < 4.78 is 13.3. The lowest BCUT2D eigenvalue weighted by atomic mass is 10.1. The zero-order valence-electron chi connectivity index (χ0n) is 15.3. The summed E-state index contributed by atoms with van der Waals surface area (Å²) in [7, 11) is 0. The standard InChI is InChI=1S/C22H17ClFN3O2/c23-15-4-1-3-14(11-15)13-26-20(28)12-19-21-18(5-2-10-25-21)22(29)27(19)17-8-6-16(24)7-9-17/h1-11,19H,12-13H2,(H,26,28). The van der Waals surface area contributed by atoms with Gasteiger partial charge in [0.05, 0.1) is 23.7 Å². The van der Waals surface area contributed by atoms with E-state index in [4.69, 9.17) is 11.6 Å². The summed E-state index contributed by atoms with van der Waals surface area (Å²) in [4.78, 5) is 31.4. The number of rotatable bonds is 5. The molecule has 2 aromatic carbocycles. The molecule has 3 aromatic rings. The number of carbonyl (C=O) groups excluding carboxylic acids is 2. The molecule has 29 heavy (non-hydrogen) atoms. The first-order valence-corrected chi connectivity index (χ1v) is 9.46. The van der Waals surface area contributed by atoms with E-state index in [1.165, 1.54) is 29.2 Å². The van der Waals surface area contributed by atoms with Crippen LogP contribution in [-0.4, -0.2) is 16.8 Å². The number of anilines is 1. The van der Waals surface area contributed by atoms with Crippen LogP contribution >= 0.6 is 11.6 Å². The van der Waals surface area contributed by atoms with Gasteiger partial charge in [-0.25, -0.2) is 4.39 Å². The predicted molar refractivity (Wildman–Crippen MR) is 108 cm³/mol. The minimum absolute atomic E-state index is 0.0354. The summed E-state index contributed by atoms with van der Waals surface area (Å²) in [6.45, 7) is 0.325. The molecule has 1 atom stereocenters. The van der Waals surface area contributed by atoms with Crippen LogP contribution in [0, 0.1) is 5.82 Å². The topological polar surface area (TPSA) is 62.3 Å². The van der Waals surface area contributed by atoms with Gasteiger partial charge in [0.2, 0.25) is 5.91 Å². The van der Waals surface area contributed by atoms with E-state index in [1.54, 1.807) is 30.5 Å². The molecule has 146 valence electrons. The lowest BCUT2D eigenvalue weighted by molar-refractivity contribution is -0.121. The normalized spacial score (nSPS) is 15.3. The molecule has 0 fully saturated rings. The first-order chi connectivity index (χ1) is 14.0. The molecule has 2 heterocycles. The third-order valence-electron chi connectivity index (χ3n) is 4.78. The molecular weight excluding hydrogens is 393 g/mol. The van der Waals surface area contributed by atoms with Gasteiger partial charge in [0.1, 0.15) is 5.82 Å². The molecule has 0 aliphatic carbocycles. The van der Waals surface area contributed by atoms with E-state index >= 15 is 0 Å². The fourth-order valence-corrected chi connectivity index (χ4v) is 3.65. The van der Waals surface area contributed by atoms with Crippen LogP contribution in [0.1, 0.15) is 34.1 Å². The minimum atomic E-state index is -0.566. The summed E-state index contributed by atoms with van der Waals surface area (Å²) >= 11 is 5.98. The van der Waals surface area contributed by atoms with Crippen LogP contribution in [0.15, 0.2) is 66.9 Å². The van der Waals surface area contributed by atoms with Crippen molar-refractivity contribution in [3.8, 4) is 0 Å². The Morgan fingerprint density at radius 1 is 1.14 bits per heavy atom. The fraction of sp³-hybridized carbons (Fsp3) is 0.136. The van der Waals surface area contributed by atoms with Crippen LogP contribution in [-0.2, 0) is 11.3 Å². The lowest BCUT2D eigenvalue weighted by Gasteiger charge is -2.24. The average Bonchev–Trinajstić information content (AvgIpc) is 2.99. The van der Waals surface area contributed by atoms with Gasteiger partial charge in [-0.15, -0.1) is 0 Å². The highest BCUT2D eigenvalue weighted by Gasteiger charge is 2.39. The highest BCUT2D eigenvalue weighted by Crippen LogP contribution is 2.38. The number of nitrogens with one attached hydrogen (secondary N) is 1. The van der Waals surface area contributed by atoms with Gasteiger partial charge in [-0.2, -0.15) is 0 Å². The second kappa shape index (κ2) is 8.01. The molecular formula is C22H17ClFN3O2. The summed E-state index contributed by atoms with van der Waals surface area (Å²) in [6.07, 6.45) is 1.63. The number of nitrogens with zero attached hydrogens (tertiary/aromatic N) is 2. The summed E-state index contributed by atoms with van der Waals surface area (Å²) in [6, 6.07) is 15.7. The van der Waals surface area contributed by atoms with E-state index in [0.717, 1.165) is 5.56 Å². The van der Waals surface area contributed by atoms with Gasteiger partial charge in [0, 0.05) is 23.5 Å². The maximum absolute atomic E-state index is 13.3. The Balaban J connectivity index is 1.56. The van der Waals surface area contributed by atoms with Crippen LogP contribution < -0.4 is 10.2 Å². The zero-order valence-corrected chi connectivity index (χ0v) is 16.1. The molecule has 1 aromatic heterocycles. The maximum atomic E-state index is 13.3. The van der Waals surface area contributed by atoms with Crippen molar-refractivity contribution in [1.29, 1.82) is 0 Å². The Morgan fingerprint density at radius 3 is 2.69 bits per heavy atom. The Bertz CT molecular complexity index is 1070. The van der Waals surface area contributed by atoms with Gasteiger partial charge in [-0.05, 0) is 54.1 Å². The van der Waals surface area contributed by atoms with Gasteiger partial charge in [-0.1, -0.05) is 23.7 Å². The monoisotopic (exact) mass is 409 g/mol. The zero-order chi connectivity index (χ0) is 20.4. The predicted octanol–water partition coefficient (Wildman–Crippen LogP) is 4.28. The van der Waals surface area contributed by atoms with Crippen LogP contribution in [0.3, 0.4) is 0 Å². The van der Waals surface area contributed by atoms with Crippen molar-refractivity contribution in [2.45, 2.75) is 19.0 Å². The molecule has 0 bridgehead atoms. The number of benzene rings is 2. The van der Waals surface area contributed by atoms with Crippen molar-refractivity contribution in [1.82, 2.24) is 10.3 Å². The molecule has 2 amide bonds. The SMILES string of the molecule is O=C(CC1c2ncccc2C(=O)N1c1ccc(F)cc1)NCc1cccc(Cl)c1. The van der Waals surface area contributed by atoms with Crippen molar-refractivity contribution < 1.29 is 14.0 Å². The van der Waals surface area contributed by atoms with Crippen LogP contribution in [0.2, 0.25) is 5.02 Å². The molecule has 4 rings (SSSR count). The molecule has 1 unspecified atom stereocenters. The number of fused-ring (bicyclic) bond motifs is 1. The second-order valence-corrected chi connectivity index (χ2v) is 7.15. The highest BCUT2D eigenvalue weighted by atomic mass is 35.5. The molecule has 1 aliphatic rings. The number of hydrogen-bond donors (Lipinski definition) is 1. The minimum Gasteiger partial charge on any atom is -0.352 e. The highest BCUT2D eigenvalue weighted by molar-refractivity contribution is 6.30. The molecule has 0 radical (unpaired) electrons. The molecule has 0 spiro atoms. The molecule has 0 saturated carbocycles. The molecule has 1 aliphatic heterocycles. The van der Waals surface area contributed by atoms with Crippen molar-refractivity contribution in [3.63, 3.8) is 0 Å². The van der Waals surface area contributed by atoms with Crippen molar-refractivity contribution >= 4 is 29.1 Å². The second-order valence-electron chi connectivity index (χ2n) is 6.71. The van der Waals surface area contributed by atoms with E-state index < -0.39 is 11.9 Å². The third kappa shape index (κ3) is 3.98. The van der Waals surface area contributed by atoms with Crippen LogP contribution in [0.5, 0.6) is 0 Å². The fourth-order valence-electron chi connectivity index (χ4n) is 3.44. The molecule has 5 nitrogen and oxygen atoms in total. The number of halogens is 2. The van der Waals surface area contributed by atoms with Crippen LogP contribution in [0.4, 0.5) is 10.1 Å². The number of aromatic nitrogens is 1. The van der Waals surface area contributed by atoms with E-state index in [1.807, 2.05) is 12.1 Å². The van der Waals surface area contributed by atoms with Gasteiger partial charge < -0.3 is 5.32 Å². The van der Waals surface area contributed by atoms with E-state index in [2.05, 4.69) is 10.3 Å². The van der Waals surface area contributed by atoms with Gasteiger partial charge >= 0.3 is 0 Å². The number of amides is 2.